The molecule has 0 atom stereocenters. The molecule has 0 aliphatic heterocycles. The maximum Gasteiger partial charge on any atom is 0.227 e. The van der Waals surface area contributed by atoms with E-state index in [1.54, 1.807) is 0 Å². The standard InChI is InChI=1S/C19H14N2O/c20-16-10-11-18-17(12-16)21-19(22-18)15-8-6-14(7-9-15)13-4-2-1-3-5-13/h1-12H,20H2. The van der Waals surface area contributed by atoms with Gasteiger partial charge in [0, 0.05) is 11.3 Å². The van der Waals surface area contributed by atoms with Gasteiger partial charge in [-0.2, -0.15) is 0 Å². The molecule has 22 heavy (non-hydrogen) atoms. The van der Waals surface area contributed by atoms with Crippen LogP contribution in [0, 0.1) is 0 Å². The van der Waals surface area contributed by atoms with Gasteiger partial charge in [0.05, 0.1) is 0 Å². The van der Waals surface area contributed by atoms with Crippen molar-refractivity contribution in [3.05, 3.63) is 72.8 Å². The highest BCUT2D eigenvalue weighted by Gasteiger charge is 2.08. The molecule has 4 aromatic rings. The number of benzene rings is 3. The number of nitrogens with two attached hydrogens (primary N) is 1. The molecule has 3 nitrogen and oxygen atoms in total. The lowest BCUT2D eigenvalue weighted by Crippen LogP contribution is -1.82. The molecule has 0 radical (unpaired) electrons. The average Bonchev–Trinajstić information content (AvgIpc) is 2.99. The zero-order valence-electron chi connectivity index (χ0n) is 11.9. The van der Waals surface area contributed by atoms with Gasteiger partial charge in [-0.1, -0.05) is 42.5 Å². The summed E-state index contributed by atoms with van der Waals surface area (Å²) in [7, 11) is 0. The van der Waals surface area contributed by atoms with Crippen LogP contribution in [-0.2, 0) is 0 Å². The number of anilines is 1. The summed E-state index contributed by atoms with van der Waals surface area (Å²) in [6, 6.07) is 24.0. The van der Waals surface area contributed by atoms with Crippen molar-refractivity contribution in [3.8, 4) is 22.6 Å². The topological polar surface area (TPSA) is 52.0 Å². The van der Waals surface area contributed by atoms with Gasteiger partial charge >= 0.3 is 0 Å². The number of hydrogen-bond acceptors (Lipinski definition) is 3. The van der Waals surface area contributed by atoms with E-state index >= 15 is 0 Å². The van der Waals surface area contributed by atoms with Gasteiger partial charge in [-0.15, -0.1) is 0 Å². The summed E-state index contributed by atoms with van der Waals surface area (Å²) >= 11 is 0. The number of rotatable bonds is 2. The van der Waals surface area contributed by atoms with Crippen LogP contribution in [0.5, 0.6) is 0 Å². The van der Waals surface area contributed by atoms with Gasteiger partial charge in [-0.05, 0) is 41.5 Å². The molecule has 0 unspecified atom stereocenters. The maximum atomic E-state index is 5.79. The largest absolute Gasteiger partial charge is 0.436 e. The van der Waals surface area contributed by atoms with Gasteiger partial charge in [0.2, 0.25) is 5.89 Å². The fourth-order valence-electron chi connectivity index (χ4n) is 2.50. The SMILES string of the molecule is Nc1ccc2oc(-c3ccc(-c4ccccc4)cc3)nc2c1. The van der Waals surface area contributed by atoms with E-state index in [0.29, 0.717) is 11.6 Å². The third-order valence-corrected chi connectivity index (χ3v) is 3.65. The summed E-state index contributed by atoms with van der Waals surface area (Å²) in [4.78, 5) is 4.50. The second kappa shape index (κ2) is 5.04. The lowest BCUT2D eigenvalue weighted by molar-refractivity contribution is 0.620. The molecule has 0 bridgehead atoms. The van der Waals surface area contributed by atoms with Crippen LogP contribution in [0.1, 0.15) is 0 Å². The predicted molar refractivity (Wildman–Crippen MR) is 89.3 cm³/mol. The highest BCUT2D eigenvalue weighted by molar-refractivity contribution is 5.79. The molecule has 4 rings (SSSR count). The maximum absolute atomic E-state index is 5.79. The minimum absolute atomic E-state index is 0.611. The van der Waals surface area contributed by atoms with E-state index in [-0.39, 0.29) is 0 Å². The summed E-state index contributed by atoms with van der Waals surface area (Å²) in [6.07, 6.45) is 0. The smallest absolute Gasteiger partial charge is 0.227 e. The molecule has 0 aliphatic carbocycles. The molecular formula is C19H14N2O. The van der Waals surface area contributed by atoms with Crippen molar-refractivity contribution in [1.82, 2.24) is 4.98 Å². The minimum atomic E-state index is 0.611. The quantitative estimate of drug-likeness (QED) is 0.541. The molecule has 0 amide bonds. The van der Waals surface area contributed by atoms with Gasteiger partial charge in [-0.3, -0.25) is 0 Å². The van der Waals surface area contributed by atoms with E-state index in [2.05, 4.69) is 29.2 Å². The van der Waals surface area contributed by atoms with Crippen LogP contribution in [-0.4, -0.2) is 4.98 Å². The zero-order chi connectivity index (χ0) is 14.9. The Balaban J connectivity index is 1.73. The van der Waals surface area contributed by atoms with Crippen LogP contribution < -0.4 is 5.73 Å². The number of hydrogen-bond donors (Lipinski definition) is 1. The molecular weight excluding hydrogens is 272 g/mol. The molecule has 0 saturated heterocycles. The van der Waals surface area contributed by atoms with E-state index < -0.39 is 0 Å². The molecule has 106 valence electrons. The highest BCUT2D eigenvalue weighted by atomic mass is 16.3. The third-order valence-electron chi connectivity index (χ3n) is 3.65. The van der Waals surface area contributed by atoms with Gasteiger partial charge in [0.15, 0.2) is 5.58 Å². The van der Waals surface area contributed by atoms with Crippen LogP contribution >= 0.6 is 0 Å². The van der Waals surface area contributed by atoms with Crippen molar-refractivity contribution in [2.24, 2.45) is 0 Å². The summed E-state index contributed by atoms with van der Waals surface area (Å²) in [6.45, 7) is 0. The number of oxazole rings is 1. The van der Waals surface area contributed by atoms with Crippen LogP contribution in [0.15, 0.2) is 77.2 Å². The monoisotopic (exact) mass is 286 g/mol. The fraction of sp³-hybridized carbons (Fsp3) is 0. The molecule has 1 aromatic heterocycles. The fourth-order valence-corrected chi connectivity index (χ4v) is 2.50. The minimum Gasteiger partial charge on any atom is -0.436 e. The molecule has 1 heterocycles. The first-order valence-corrected chi connectivity index (χ1v) is 7.11. The van der Waals surface area contributed by atoms with E-state index in [0.717, 1.165) is 16.7 Å². The third kappa shape index (κ3) is 2.23. The van der Waals surface area contributed by atoms with E-state index in [4.69, 9.17) is 10.2 Å². The molecule has 0 aliphatic rings. The van der Waals surface area contributed by atoms with Crippen molar-refractivity contribution < 1.29 is 4.42 Å². The lowest BCUT2D eigenvalue weighted by atomic mass is 10.0. The average molecular weight is 286 g/mol. The Morgan fingerprint density at radius 3 is 2.18 bits per heavy atom. The highest BCUT2D eigenvalue weighted by Crippen LogP contribution is 2.27. The van der Waals surface area contributed by atoms with Crippen molar-refractivity contribution >= 4 is 16.8 Å². The molecule has 3 aromatic carbocycles. The van der Waals surface area contributed by atoms with Gasteiger partial charge in [0.25, 0.3) is 0 Å². The number of fused-ring (bicyclic) bond motifs is 1. The first kappa shape index (κ1) is 12.7. The molecule has 0 spiro atoms. The Kier molecular flexibility index (Phi) is 2.90. The number of nitrogens with zero attached hydrogens (tertiary/aromatic N) is 1. The summed E-state index contributed by atoms with van der Waals surface area (Å²) in [5, 5.41) is 0. The summed E-state index contributed by atoms with van der Waals surface area (Å²) < 4.78 is 5.79. The van der Waals surface area contributed by atoms with Gasteiger partial charge in [0.1, 0.15) is 5.52 Å². The Morgan fingerprint density at radius 1 is 0.727 bits per heavy atom. The molecule has 2 N–H and O–H groups in total. The summed E-state index contributed by atoms with van der Waals surface area (Å²) in [5.74, 6) is 0.611. The molecule has 0 fully saturated rings. The predicted octanol–water partition coefficient (Wildman–Crippen LogP) is 4.74. The van der Waals surface area contributed by atoms with Crippen LogP contribution in [0.4, 0.5) is 5.69 Å². The zero-order valence-corrected chi connectivity index (χ0v) is 11.9. The second-order valence-corrected chi connectivity index (χ2v) is 5.19. The van der Waals surface area contributed by atoms with Crippen molar-refractivity contribution in [1.29, 1.82) is 0 Å². The van der Waals surface area contributed by atoms with Crippen molar-refractivity contribution in [2.75, 3.05) is 5.73 Å². The van der Waals surface area contributed by atoms with Crippen LogP contribution in [0.2, 0.25) is 0 Å². The lowest BCUT2D eigenvalue weighted by Gasteiger charge is -2.02. The first-order chi connectivity index (χ1) is 10.8. The number of nitrogen functional groups attached to an aromatic ring is 1. The van der Waals surface area contributed by atoms with E-state index in [9.17, 15) is 0 Å². The Bertz CT molecular complexity index is 925. The van der Waals surface area contributed by atoms with Crippen molar-refractivity contribution in [2.45, 2.75) is 0 Å². The molecule has 0 saturated carbocycles. The van der Waals surface area contributed by atoms with Crippen molar-refractivity contribution in [3.63, 3.8) is 0 Å². The number of aromatic nitrogens is 1. The molecule has 3 heteroatoms. The van der Waals surface area contributed by atoms with E-state index in [1.165, 1.54) is 11.1 Å². The van der Waals surface area contributed by atoms with E-state index in [1.807, 2.05) is 48.5 Å². The summed E-state index contributed by atoms with van der Waals surface area (Å²) in [5.41, 5.74) is 11.3. The van der Waals surface area contributed by atoms with Crippen LogP contribution in [0.3, 0.4) is 0 Å². The van der Waals surface area contributed by atoms with Gasteiger partial charge in [-0.25, -0.2) is 4.98 Å². The van der Waals surface area contributed by atoms with Gasteiger partial charge < -0.3 is 10.2 Å². The Labute approximate surface area is 128 Å². The first-order valence-electron chi connectivity index (χ1n) is 7.11. The Hall–Kier alpha value is -3.07. The second-order valence-electron chi connectivity index (χ2n) is 5.19. The Morgan fingerprint density at radius 2 is 1.41 bits per heavy atom. The normalized spacial score (nSPS) is 10.9. The van der Waals surface area contributed by atoms with Crippen LogP contribution in [0.25, 0.3) is 33.7 Å².